The van der Waals surface area contributed by atoms with Gasteiger partial charge in [-0.2, -0.15) is 0 Å². The smallest absolute Gasteiger partial charge is 0.320 e. The summed E-state index contributed by atoms with van der Waals surface area (Å²) >= 11 is 8.62. The number of ether oxygens (including phenoxy) is 1. The molecule has 0 aromatic carbocycles. The zero-order valence-corrected chi connectivity index (χ0v) is 7.57. The molecule has 54 valence electrons. The maximum absolute atomic E-state index is 10.6. The van der Waals surface area contributed by atoms with Gasteiger partial charge in [0.15, 0.2) is 0 Å². The van der Waals surface area contributed by atoms with Crippen molar-refractivity contribution in [3.63, 3.8) is 0 Å². The Morgan fingerprint density at radius 2 is 2.22 bits per heavy atom. The number of hydrogen-bond donors (Lipinski definition) is 0. The quantitative estimate of drug-likeness (QED) is 0.516. The Bertz CT molecular complexity index is 105. The zero-order chi connectivity index (χ0) is 7.44. The summed E-state index contributed by atoms with van der Waals surface area (Å²) in [5.74, 6) is -0.336. The van der Waals surface area contributed by atoms with Gasteiger partial charge in [0.1, 0.15) is 4.83 Å². The first-order valence-corrected chi connectivity index (χ1v) is 3.80. The molecule has 0 aromatic heterocycles. The summed E-state index contributed by atoms with van der Waals surface area (Å²) in [6, 6.07) is 0. The highest BCUT2D eigenvalue weighted by Gasteiger charge is 2.20. The average molecular weight is 215 g/mol. The molecule has 0 fully saturated rings. The van der Waals surface area contributed by atoms with Crippen molar-refractivity contribution < 1.29 is 9.53 Å². The second kappa shape index (κ2) is 4.12. The van der Waals surface area contributed by atoms with Crippen molar-refractivity contribution >= 4 is 33.5 Å². The topological polar surface area (TPSA) is 26.3 Å². The summed E-state index contributed by atoms with van der Waals surface area (Å²) in [4.78, 5) is 10.2. The third kappa shape index (κ3) is 3.06. The number of rotatable bonds is 2. The molecule has 0 aromatic rings. The predicted molar refractivity (Wildman–Crippen MR) is 40.0 cm³/mol. The van der Waals surface area contributed by atoms with E-state index in [-0.39, 0.29) is 11.3 Å². The van der Waals surface area contributed by atoms with Crippen LogP contribution in [0.25, 0.3) is 0 Å². The summed E-state index contributed by atoms with van der Waals surface area (Å²) in [6.45, 7) is 1.72. The first-order valence-electron chi connectivity index (χ1n) is 2.45. The molecule has 0 spiro atoms. The Morgan fingerprint density at radius 1 is 1.78 bits per heavy atom. The highest BCUT2D eigenvalue weighted by atomic mass is 79.9. The minimum Gasteiger partial charge on any atom is -0.468 e. The molecule has 0 bridgehead atoms. The van der Waals surface area contributed by atoms with E-state index in [1.165, 1.54) is 7.11 Å². The Hall–Kier alpha value is 0.240. The van der Waals surface area contributed by atoms with Gasteiger partial charge in [-0.15, -0.1) is 11.6 Å². The van der Waals surface area contributed by atoms with Crippen molar-refractivity contribution in [1.82, 2.24) is 0 Å². The molecule has 0 amide bonds. The van der Waals surface area contributed by atoms with Crippen LogP contribution < -0.4 is 0 Å². The SMILES string of the molecule is COC(=O)C(Br)C(C)Cl. The van der Waals surface area contributed by atoms with Crippen LogP contribution in [0.2, 0.25) is 0 Å². The first-order chi connectivity index (χ1) is 4.09. The average Bonchev–Trinajstić information content (AvgIpc) is 1.84. The van der Waals surface area contributed by atoms with Gasteiger partial charge >= 0.3 is 5.97 Å². The van der Waals surface area contributed by atoms with Crippen LogP contribution in [0, 0.1) is 0 Å². The van der Waals surface area contributed by atoms with Crippen LogP contribution in [0.5, 0.6) is 0 Å². The third-order valence-electron chi connectivity index (χ3n) is 0.830. The van der Waals surface area contributed by atoms with E-state index < -0.39 is 4.83 Å². The first kappa shape index (κ1) is 9.24. The zero-order valence-electron chi connectivity index (χ0n) is 5.23. The molecule has 2 unspecified atom stereocenters. The van der Waals surface area contributed by atoms with Gasteiger partial charge in [-0.05, 0) is 6.92 Å². The van der Waals surface area contributed by atoms with E-state index in [0.29, 0.717) is 0 Å². The molecule has 0 heterocycles. The molecule has 2 nitrogen and oxygen atoms in total. The van der Waals surface area contributed by atoms with Crippen molar-refractivity contribution in [1.29, 1.82) is 0 Å². The number of halogens is 2. The van der Waals surface area contributed by atoms with Crippen LogP contribution in [0.1, 0.15) is 6.92 Å². The van der Waals surface area contributed by atoms with Crippen LogP contribution in [0.15, 0.2) is 0 Å². The molecule has 0 aliphatic carbocycles. The molecule has 0 saturated carbocycles. The van der Waals surface area contributed by atoms with Gasteiger partial charge in [0.25, 0.3) is 0 Å². The normalized spacial score (nSPS) is 16.4. The van der Waals surface area contributed by atoms with Gasteiger partial charge in [0.05, 0.1) is 12.5 Å². The number of methoxy groups -OCH3 is 1. The van der Waals surface area contributed by atoms with E-state index in [1.54, 1.807) is 6.92 Å². The number of carbonyl (C=O) groups excluding carboxylic acids is 1. The lowest BCUT2D eigenvalue weighted by molar-refractivity contribution is -0.139. The van der Waals surface area contributed by atoms with E-state index in [9.17, 15) is 4.79 Å². The molecule has 0 radical (unpaired) electrons. The summed E-state index contributed by atoms with van der Waals surface area (Å²) in [5, 5.41) is -0.238. The molecule has 2 atom stereocenters. The minimum absolute atomic E-state index is 0.238. The van der Waals surface area contributed by atoms with Gasteiger partial charge in [0.2, 0.25) is 0 Å². The predicted octanol–water partition coefficient (Wildman–Crippen LogP) is 1.55. The lowest BCUT2D eigenvalue weighted by Gasteiger charge is -2.07. The molecule has 0 rings (SSSR count). The lowest BCUT2D eigenvalue weighted by atomic mass is 10.3. The fourth-order valence-electron chi connectivity index (χ4n) is 0.300. The molecule has 0 aliphatic rings. The molecule has 9 heavy (non-hydrogen) atoms. The molecule has 0 saturated heterocycles. The highest BCUT2D eigenvalue weighted by Crippen LogP contribution is 2.12. The van der Waals surface area contributed by atoms with Gasteiger partial charge in [-0.1, -0.05) is 15.9 Å². The van der Waals surface area contributed by atoms with E-state index in [0.717, 1.165) is 0 Å². The molecule has 4 heteroatoms. The Kier molecular flexibility index (Phi) is 4.23. The largest absolute Gasteiger partial charge is 0.468 e. The van der Waals surface area contributed by atoms with E-state index in [1.807, 2.05) is 0 Å². The molecule has 0 aliphatic heterocycles. The van der Waals surface area contributed by atoms with E-state index >= 15 is 0 Å². The summed E-state index contributed by atoms with van der Waals surface area (Å²) < 4.78 is 4.40. The number of hydrogen-bond acceptors (Lipinski definition) is 2. The van der Waals surface area contributed by atoms with Crippen molar-refractivity contribution in [2.75, 3.05) is 7.11 Å². The molecular formula is C5H8BrClO2. The van der Waals surface area contributed by atoms with Crippen molar-refractivity contribution in [2.45, 2.75) is 17.1 Å². The van der Waals surface area contributed by atoms with Gasteiger partial charge in [0, 0.05) is 0 Å². The van der Waals surface area contributed by atoms with Crippen LogP contribution in [-0.2, 0) is 9.53 Å². The van der Waals surface area contributed by atoms with Crippen LogP contribution in [0.4, 0.5) is 0 Å². The molecule has 0 N–H and O–H groups in total. The summed E-state index contributed by atoms with van der Waals surface area (Å²) in [5.41, 5.74) is 0. The Morgan fingerprint density at radius 3 is 2.33 bits per heavy atom. The van der Waals surface area contributed by atoms with E-state index in [2.05, 4.69) is 20.7 Å². The van der Waals surface area contributed by atoms with E-state index in [4.69, 9.17) is 11.6 Å². The van der Waals surface area contributed by atoms with Crippen LogP contribution in [-0.4, -0.2) is 23.3 Å². The fraction of sp³-hybridized carbons (Fsp3) is 0.800. The second-order valence-electron chi connectivity index (χ2n) is 1.60. The maximum Gasteiger partial charge on any atom is 0.320 e. The number of carbonyl (C=O) groups is 1. The van der Waals surface area contributed by atoms with Crippen LogP contribution >= 0.6 is 27.5 Å². The standard InChI is InChI=1S/C5H8BrClO2/c1-3(7)4(6)5(8)9-2/h3-4H,1-2H3. The Balaban J connectivity index is 3.72. The van der Waals surface area contributed by atoms with Crippen molar-refractivity contribution in [3.05, 3.63) is 0 Å². The number of esters is 1. The van der Waals surface area contributed by atoms with Crippen molar-refractivity contribution in [3.8, 4) is 0 Å². The minimum atomic E-state index is -0.399. The monoisotopic (exact) mass is 214 g/mol. The van der Waals surface area contributed by atoms with Crippen LogP contribution in [0.3, 0.4) is 0 Å². The van der Waals surface area contributed by atoms with Gasteiger partial charge in [-0.3, -0.25) is 4.79 Å². The number of alkyl halides is 2. The lowest BCUT2D eigenvalue weighted by Crippen LogP contribution is -2.23. The Labute approximate surface area is 67.6 Å². The van der Waals surface area contributed by atoms with Crippen molar-refractivity contribution in [2.24, 2.45) is 0 Å². The van der Waals surface area contributed by atoms with Gasteiger partial charge in [-0.25, -0.2) is 0 Å². The summed E-state index contributed by atoms with van der Waals surface area (Å²) in [7, 11) is 1.33. The summed E-state index contributed by atoms with van der Waals surface area (Å²) in [6.07, 6.45) is 0. The highest BCUT2D eigenvalue weighted by molar-refractivity contribution is 9.10. The molecular weight excluding hydrogens is 207 g/mol. The second-order valence-corrected chi connectivity index (χ2v) is 3.28. The fourth-order valence-corrected chi connectivity index (χ4v) is 0.590. The maximum atomic E-state index is 10.6. The van der Waals surface area contributed by atoms with Gasteiger partial charge < -0.3 is 4.74 Å². The third-order valence-corrected chi connectivity index (χ3v) is 2.55.